The minimum Gasteiger partial charge on any atom is -0.504 e. The number of benzene rings is 3. The van der Waals surface area contributed by atoms with Gasteiger partial charge in [-0.05, 0) is 54.6 Å². The summed E-state index contributed by atoms with van der Waals surface area (Å²) >= 11 is 0. The minimum absolute atomic E-state index is 0.246. The van der Waals surface area contributed by atoms with Crippen molar-refractivity contribution in [2.45, 2.75) is 0 Å². The fourth-order valence-electron chi connectivity index (χ4n) is 2.82. The molecule has 4 aromatic rings. The zero-order valence-corrected chi connectivity index (χ0v) is 14.0. The van der Waals surface area contributed by atoms with E-state index in [1.54, 1.807) is 30.3 Å². The summed E-state index contributed by atoms with van der Waals surface area (Å²) in [6.45, 7) is 0. The highest BCUT2D eigenvalue weighted by molar-refractivity contribution is 5.88. The maximum absolute atomic E-state index is 9.87. The van der Waals surface area contributed by atoms with Gasteiger partial charge in [-0.3, -0.25) is 0 Å². The van der Waals surface area contributed by atoms with Crippen molar-refractivity contribution in [2.24, 2.45) is 0 Å². The third-order valence-electron chi connectivity index (χ3n) is 4.19. The smallest absolute Gasteiger partial charge is 0.158 e. The summed E-state index contributed by atoms with van der Waals surface area (Å²) < 4.78 is 0. The van der Waals surface area contributed by atoms with Gasteiger partial charge >= 0.3 is 0 Å². The van der Waals surface area contributed by atoms with Crippen molar-refractivity contribution < 1.29 is 20.4 Å². The molecular formula is C20H15N3O4. The first kappa shape index (κ1) is 16.5. The number of aromatic nitrogens is 2. The molecule has 0 aliphatic rings. The molecule has 0 bridgehead atoms. The van der Waals surface area contributed by atoms with Crippen molar-refractivity contribution in [1.29, 1.82) is 0 Å². The molecule has 0 atom stereocenters. The summed E-state index contributed by atoms with van der Waals surface area (Å²) in [5.41, 5.74) is 9.44. The van der Waals surface area contributed by atoms with Crippen LogP contribution in [0.15, 0.2) is 54.6 Å². The van der Waals surface area contributed by atoms with Crippen LogP contribution in [-0.2, 0) is 0 Å². The van der Waals surface area contributed by atoms with E-state index in [2.05, 4.69) is 9.97 Å². The Balaban J connectivity index is 2.03. The standard InChI is InChI=1S/C20H15N3O4/c21-12-3-4-13-14(9-12)23-20(11-2-6-16(25)18(27)8-11)19(22-13)10-1-5-15(24)17(26)7-10/h1-9,24-27H,21H2. The number of hydrogen-bond acceptors (Lipinski definition) is 7. The molecule has 6 N–H and O–H groups in total. The van der Waals surface area contributed by atoms with Crippen LogP contribution in [0.25, 0.3) is 33.5 Å². The summed E-state index contributed by atoms with van der Waals surface area (Å²) in [5, 5.41) is 38.9. The molecule has 0 aliphatic carbocycles. The van der Waals surface area contributed by atoms with Crippen LogP contribution < -0.4 is 5.73 Å². The SMILES string of the molecule is Nc1ccc2nc(-c3ccc(O)c(O)c3)c(-c3ccc(O)c(O)c3)nc2c1. The summed E-state index contributed by atoms with van der Waals surface area (Å²) in [6, 6.07) is 13.8. The molecule has 3 aromatic carbocycles. The van der Waals surface area contributed by atoms with Gasteiger partial charge in [0.15, 0.2) is 23.0 Å². The first-order valence-corrected chi connectivity index (χ1v) is 8.04. The molecule has 0 saturated heterocycles. The van der Waals surface area contributed by atoms with E-state index in [0.717, 1.165) is 0 Å². The molecule has 0 aliphatic heterocycles. The predicted molar refractivity (Wildman–Crippen MR) is 101 cm³/mol. The first-order chi connectivity index (χ1) is 12.9. The zero-order chi connectivity index (χ0) is 19.1. The minimum atomic E-state index is -0.290. The largest absolute Gasteiger partial charge is 0.504 e. The molecule has 0 saturated carbocycles. The summed E-state index contributed by atoms with van der Waals surface area (Å²) in [5.74, 6) is -1.07. The number of aromatic hydroxyl groups is 4. The lowest BCUT2D eigenvalue weighted by atomic mass is 10.0. The lowest BCUT2D eigenvalue weighted by Gasteiger charge is -2.12. The van der Waals surface area contributed by atoms with Gasteiger partial charge in [0.2, 0.25) is 0 Å². The molecule has 27 heavy (non-hydrogen) atoms. The molecular weight excluding hydrogens is 346 g/mol. The molecule has 1 heterocycles. The second-order valence-corrected chi connectivity index (χ2v) is 6.08. The van der Waals surface area contributed by atoms with E-state index < -0.39 is 0 Å². The molecule has 134 valence electrons. The van der Waals surface area contributed by atoms with Crippen molar-refractivity contribution in [2.75, 3.05) is 5.73 Å². The van der Waals surface area contributed by atoms with Crippen LogP contribution in [-0.4, -0.2) is 30.4 Å². The van der Waals surface area contributed by atoms with Gasteiger partial charge in [-0.2, -0.15) is 0 Å². The second-order valence-electron chi connectivity index (χ2n) is 6.08. The quantitative estimate of drug-likeness (QED) is 0.273. The molecule has 7 nitrogen and oxygen atoms in total. The van der Waals surface area contributed by atoms with Gasteiger partial charge in [0.05, 0.1) is 22.4 Å². The molecule has 0 radical (unpaired) electrons. The van der Waals surface area contributed by atoms with Crippen LogP contribution >= 0.6 is 0 Å². The zero-order valence-electron chi connectivity index (χ0n) is 14.0. The van der Waals surface area contributed by atoms with Crippen LogP contribution in [0.5, 0.6) is 23.0 Å². The van der Waals surface area contributed by atoms with Crippen LogP contribution in [0, 0.1) is 0 Å². The van der Waals surface area contributed by atoms with Crippen molar-refractivity contribution in [3.8, 4) is 45.5 Å². The number of nitrogen functional groups attached to an aromatic ring is 1. The van der Waals surface area contributed by atoms with Gasteiger partial charge in [-0.1, -0.05) is 0 Å². The number of fused-ring (bicyclic) bond motifs is 1. The summed E-state index contributed by atoms with van der Waals surface area (Å²) in [7, 11) is 0. The fraction of sp³-hybridized carbons (Fsp3) is 0. The van der Waals surface area contributed by atoms with Gasteiger partial charge in [0.1, 0.15) is 0 Å². The second kappa shape index (κ2) is 6.06. The third-order valence-corrected chi connectivity index (χ3v) is 4.19. The topological polar surface area (TPSA) is 133 Å². The highest BCUT2D eigenvalue weighted by Gasteiger charge is 2.16. The number of phenolic OH excluding ortho intramolecular Hbond substituents is 4. The molecule has 4 rings (SSSR count). The summed E-state index contributed by atoms with van der Waals surface area (Å²) in [4.78, 5) is 9.26. The van der Waals surface area contributed by atoms with Crippen molar-refractivity contribution >= 4 is 16.7 Å². The Morgan fingerprint density at radius 2 is 1.07 bits per heavy atom. The highest BCUT2D eigenvalue weighted by Crippen LogP contribution is 2.37. The van der Waals surface area contributed by atoms with Crippen LogP contribution in [0.1, 0.15) is 0 Å². The monoisotopic (exact) mass is 361 g/mol. The average Bonchev–Trinajstić information content (AvgIpc) is 2.65. The van der Waals surface area contributed by atoms with E-state index in [-0.39, 0.29) is 23.0 Å². The Labute approximate surface area is 153 Å². The third kappa shape index (κ3) is 2.91. The van der Waals surface area contributed by atoms with E-state index in [0.29, 0.717) is 39.2 Å². The van der Waals surface area contributed by atoms with E-state index in [1.807, 2.05) is 0 Å². The van der Waals surface area contributed by atoms with Gasteiger partial charge in [-0.25, -0.2) is 9.97 Å². The van der Waals surface area contributed by atoms with Gasteiger partial charge in [0, 0.05) is 16.8 Å². The van der Waals surface area contributed by atoms with Crippen molar-refractivity contribution in [1.82, 2.24) is 9.97 Å². The van der Waals surface area contributed by atoms with Gasteiger partial charge in [-0.15, -0.1) is 0 Å². The summed E-state index contributed by atoms with van der Waals surface area (Å²) in [6.07, 6.45) is 0. The number of anilines is 1. The molecule has 7 heteroatoms. The van der Waals surface area contributed by atoms with Crippen LogP contribution in [0.3, 0.4) is 0 Å². The molecule has 0 amide bonds. The number of rotatable bonds is 2. The lowest BCUT2D eigenvalue weighted by molar-refractivity contribution is 0.404. The van der Waals surface area contributed by atoms with Crippen molar-refractivity contribution in [3.63, 3.8) is 0 Å². The van der Waals surface area contributed by atoms with Crippen LogP contribution in [0.4, 0.5) is 5.69 Å². The van der Waals surface area contributed by atoms with E-state index in [9.17, 15) is 20.4 Å². The number of nitrogens with zero attached hydrogens (tertiary/aromatic N) is 2. The maximum Gasteiger partial charge on any atom is 0.158 e. The Morgan fingerprint density at radius 1 is 0.556 bits per heavy atom. The fourth-order valence-corrected chi connectivity index (χ4v) is 2.82. The normalized spacial score (nSPS) is 11.0. The van der Waals surface area contributed by atoms with Gasteiger partial charge < -0.3 is 26.2 Å². The first-order valence-electron chi connectivity index (χ1n) is 8.04. The molecule has 1 aromatic heterocycles. The van der Waals surface area contributed by atoms with E-state index in [4.69, 9.17) is 5.73 Å². The Hall–Kier alpha value is -4.00. The highest BCUT2D eigenvalue weighted by atomic mass is 16.3. The Kier molecular flexibility index (Phi) is 3.70. The van der Waals surface area contributed by atoms with Gasteiger partial charge in [0.25, 0.3) is 0 Å². The number of nitrogens with two attached hydrogens (primary N) is 1. The lowest BCUT2D eigenvalue weighted by Crippen LogP contribution is -1.96. The van der Waals surface area contributed by atoms with E-state index >= 15 is 0 Å². The number of hydrogen-bond donors (Lipinski definition) is 5. The maximum atomic E-state index is 9.87. The molecule has 0 spiro atoms. The van der Waals surface area contributed by atoms with Crippen LogP contribution in [0.2, 0.25) is 0 Å². The Morgan fingerprint density at radius 3 is 1.59 bits per heavy atom. The average molecular weight is 361 g/mol. The molecule has 0 unspecified atom stereocenters. The van der Waals surface area contributed by atoms with Crippen molar-refractivity contribution in [3.05, 3.63) is 54.6 Å². The van der Waals surface area contributed by atoms with E-state index in [1.165, 1.54) is 24.3 Å². The Bertz CT molecular complexity index is 1190. The molecule has 0 fully saturated rings. The predicted octanol–water partition coefficient (Wildman–Crippen LogP) is 3.37. The number of phenols is 4.